The second kappa shape index (κ2) is 26.6. The fourth-order valence-corrected chi connectivity index (χ4v) is 13.2. The van der Waals surface area contributed by atoms with Crippen molar-refractivity contribution in [3.05, 3.63) is 256 Å². The Morgan fingerprint density at radius 3 is 1.14 bits per heavy atom. The molecule has 8 atom stereocenters. The van der Waals surface area contributed by atoms with Crippen LogP contribution in [0.3, 0.4) is 0 Å². The van der Waals surface area contributed by atoms with Gasteiger partial charge < -0.3 is 37.9 Å². The molecule has 2 aromatic heterocycles. The van der Waals surface area contributed by atoms with Crippen LogP contribution >= 0.6 is 15.4 Å². The number of H-pyrrole nitrogens is 2. The van der Waals surface area contributed by atoms with Crippen LogP contribution in [0.4, 0.5) is 0 Å². The standard InChI is InChI=1S/C62H60N4O16P2S/c1-39-35-65(59(69)63-57(39)67)55-33-51(53(78-55)37-76-61(41-13-9-7-10-14-41,43-17-25-47(72-3)26-18-43)44-19-27-48(73-4)28-20-44)80-83(71)82-84(85)81-52-34-56(66-36-40(2)58(68)64-60(66)70)79-54(52)38-77-62(42-15-11-8-12-16-42,45-21-29-49(74-5)30-22-45)46-23-31-50(75-6)32-24-46/h7-32,35-36,51-56H,33-34,37-38H2,1-6H3/p+2/t51-,52-,53+,54+,55+,56+/m0/s1. The molecule has 2 unspecified atom stereocenters. The Balaban J connectivity index is 0.951. The van der Waals surface area contributed by atoms with Crippen molar-refractivity contribution in [3.63, 3.8) is 0 Å². The van der Waals surface area contributed by atoms with Gasteiger partial charge in [-0.15, -0.1) is 9.05 Å². The molecular weight excluding hydrogens is 1150 g/mol. The van der Waals surface area contributed by atoms with Crippen LogP contribution < -0.4 is 41.4 Å². The molecule has 20 nitrogen and oxygen atoms in total. The van der Waals surface area contributed by atoms with Gasteiger partial charge in [0.2, 0.25) is 11.8 Å². The van der Waals surface area contributed by atoms with Gasteiger partial charge in [-0.25, -0.2) is 9.59 Å². The van der Waals surface area contributed by atoms with Crippen LogP contribution in [-0.2, 0) is 59.9 Å². The van der Waals surface area contributed by atoms with E-state index >= 15 is 0 Å². The zero-order chi connectivity index (χ0) is 59.8. The largest absolute Gasteiger partial charge is 0.745 e. The molecule has 2 fully saturated rings. The molecule has 6 aromatic carbocycles. The molecule has 0 saturated carbocycles. The van der Waals surface area contributed by atoms with E-state index in [1.165, 1.54) is 21.5 Å². The van der Waals surface area contributed by atoms with E-state index < -0.39 is 86.0 Å². The summed E-state index contributed by atoms with van der Waals surface area (Å²) >= 11 is 5.84. The van der Waals surface area contributed by atoms with Gasteiger partial charge in [0.05, 0.1) is 41.7 Å². The van der Waals surface area contributed by atoms with Crippen molar-refractivity contribution in [2.75, 3.05) is 41.7 Å². The fourth-order valence-electron chi connectivity index (χ4n) is 10.7. The fraction of sp³-hybridized carbons (Fsp3) is 0.290. The van der Waals surface area contributed by atoms with Crippen molar-refractivity contribution in [1.29, 1.82) is 0 Å². The van der Waals surface area contributed by atoms with E-state index in [1.54, 1.807) is 42.3 Å². The number of methoxy groups -OCH3 is 4. The van der Waals surface area contributed by atoms with E-state index in [0.29, 0.717) is 23.0 Å². The van der Waals surface area contributed by atoms with Crippen molar-refractivity contribution in [1.82, 2.24) is 19.1 Å². The summed E-state index contributed by atoms with van der Waals surface area (Å²) in [4.78, 5) is 56.7. The van der Waals surface area contributed by atoms with Crippen LogP contribution in [0.5, 0.6) is 23.0 Å². The SMILES string of the molecule is COc1ccc(C(OC[C@H]2O[C@@H](n3cc(C)c(=O)[nH]c3=O)C[C@@H]2O[P+](=O)O[P+](=S)O[C@H]2C[C@H](n3cc(C)c(=O)[nH]c3=O)O[C@@H]2COC(c2ccccc2)(c2ccc(OC)cc2)c2ccc(OC)cc2)(c2ccccc2)c2ccc(OC)cc2)cc1. The number of nitrogens with one attached hydrogen (secondary N) is 2. The molecule has 2 saturated heterocycles. The average Bonchev–Trinajstić information content (AvgIpc) is 4.29. The number of aryl methyl sites for hydroxylation is 2. The normalized spacial score (nSPS) is 19.1. The minimum absolute atomic E-state index is 0.00967. The van der Waals surface area contributed by atoms with Gasteiger partial charge in [-0.3, -0.25) is 28.7 Å². The first-order valence-corrected chi connectivity index (χ1v) is 30.3. The number of hydrogen-bond acceptors (Lipinski definition) is 17. The molecule has 0 aliphatic carbocycles. The number of hydrogen-bond donors (Lipinski definition) is 2. The molecule has 85 heavy (non-hydrogen) atoms. The van der Waals surface area contributed by atoms with Gasteiger partial charge in [0, 0.05) is 40.9 Å². The Bertz CT molecular complexity index is 3520. The lowest BCUT2D eigenvalue weighted by Gasteiger charge is -2.37. The van der Waals surface area contributed by atoms with Gasteiger partial charge in [0.15, 0.2) is 0 Å². The molecule has 2 aliphatic heterocycles. The highest BCUT2D eigenvalue weighted by atomic mass is 32.4. The zero-order valence-corrected chi connectivity index (χ0v) is 49.8. The van der Waals surface area contributed by atoms with E-state index in [2.05, 4.69) is 9.97 Å². The minimum Gasteiger partial charge on any atom is -0.497 e. The summed E-state index contributed by atoms with van der Waals surface area (Å²) in [5, 5.41) is 0. The van der Waals surface area contributed by atoms with E-state index in [9.17, 15) is 23.7 Å². The first kappa shape index (κ1) is 60.3. The van der Waals surface area contributed by atoms with Crippen LogP contribution in [0.1, 0.15) is 69.8 Å². The molecule has 23 heteroatoms. The Hall–Kier alpha value is -7.78. The predicted octanol–water partition coefficient (Wildman–Crippen LogP) is 9.55. The first-order chi connectivity index (χ1) is 41.1. The molecule has 8 aromatic rings. The quantitative estimate of drug-likeness (QED) is 0.0424. The monoisotopic (exact) mass is 1210 g/mol. The summed E-state index contributed by atoms with van der Waals surface area (Å²) in [5.41, 5.74) is -0.220. The van der Waals surface area contributed by atoms with Crippen LogP contribution in [0, 0.1) is 13.8 Å². The van der Waals surface area contributed by atoms with Gasteiger partial charge >= 0.3 is 26.8 Å². The molecule has 2 aliphatic rings. The maximum absolute atomic E-state index is 14.4. The number of aromatic amines is 2. The van der Waals surface area contributed by atoms with Crippen LogP contribution in [0.2, 0.25) is 0 Å². The summed E-state index contributed by atoms with van der Waals surface area (Å²) in [6, 6.07) is 49.1. The van der Waals surface area contributed by atoms with E-state index in [4.69, 9.17) is 63.1 Å². The highest BCUT2D eigenvalue weighted by Crippen LogP contribution is 2.49. The van der Waals surface area contributed by atoms with Crippen molar-refractivity contribution in [2.45, 2.75) is 74.8 Å². The molecule has 0 spiro atoms. The third kappa shape index (κ3) is 12.9. The predicted molar refractivity (Wildman–Crippen MR) is 318 cm³/mol. The summed E-state index contributed by atoms with van der Waals surface area (Å²) in [7, 11) is 0.711. The minimum atomic E-state index is -3.12. The van der Waals surface area contributed by atoms with E-state index in [0.717, 1.165) is 33.4 Å². The second-order valence-electron chi connectivity index (χ2n) is 20.1. The third-order valence-corrected chi connectivity index (χ3v) is 17.9. The lowest BCUT2D eigenvalue weighted by atomic mass is 9.80. The number of nitrogens with zero attached hydrogens (tertiary/aromatic N) is 2. The molecule has 4 heterocycles. The van der Waals surface area contributed by atoms with Crippen molar-refractivity contribution < 1.29 is 55.8 Å². The maximum Gasteiger partial charge on any atom is 0.745 e. The van der Waals surface area contributed by atoms with Crippen LogP contribution in [-0.4, -0.2) is 85.2 Å². The number of ether oxygens (including phenoxy) is 8. The summed E-state index contributed by atoms with van der Waals surface area (Å²) in [5.74, 6) is 2.49. The Morgan fingerprint density at radius 1 is 0.494 bits per heavy atom. The van der Waals surface area contributed by atoms with Gasteiger partial charge in [0.25, 0.3) is 11.1 Å². The Kier molecular flexibility index (Phi) is 18.9. The molecular formula is C62H62N4O16P2S+2. The zero-order valence-electron chi connectivity index (χ0n) is 47.2. The molecule has 2 N–H and O–H groups in total. The van der Waals surface area contributed by atoms with Gasteiger partial charge in [-0.05, 0) is 95.8 Å². The van der Waals surface area contributed by atoms with Gasteiger partial charge in [-0.1, -0.05) is 109 Å². The summed E-state index contributed by atoms with van der Waals surface area (Å²) in [6.45, 7) is 2.74. The maximum atomic E-state index is 14.4. The summed E-state index contributed by atoms with van der Waals surface area (Å²) < 4.78 is 85.5. The number of benzene rings is 6. The molecule has 0 radical (unpaired) electrons. The topological polar surface area (TPSA) is 228 Å². The van der Waals surface area contributed by atoms with Crippen molar-refractivity contribution in [2.24, 2.45) is 0 Å². The lowest BCUT2D eigenvalue weighted by molar-refractivity contribution is -0.0922. The number of aromatic nitrogens is 4. The van der Waals surface area contributed by atoms with Crippen molar-refractivity contribution >= 4 is 27.2 Å². The third-order valence-electron chi connectivity index (χ3n) is 15.1. The van der Waals surface area contributed by atoms with Crippen LogP contribution in [0.25, 0.3) is 0 Å². The number of rotatable bonds is 24. The first-order valence-electron chi connectivity index (χ1n) is 27.0. The lowest BCUT2D eigenvalue weighted by Crippen LogP contribution is -2.38. The van der Waals surface area contributed by atoms with Crippen LogP contribution in [0.15, 0.2) is 189 Å². The highest BCUT2D eigenvalue weighted by Gasteiger charge is 2.52. The van der Waals surface area contributed by atoms with Gasteiger partial charge in [0.1, 0.15) is 75.4 Å². The van der Waals surface area contributed by atoms with E-state index in [-0.39, 0.29) is 37.2 Å². The molecule has 10 rings (SSSR count). The van der Waals surface area contributed by atoms with Crippen molar-refractivity contribution in [3.8, 4) is 23.0 Å². The van der Waals surface area contributed by atoms with E-state index in [1.807, 2.05) is 158 Å². The Labute approximate surface area is 495 Å². The smallest absolute Gasteiger partial charge is 0.497 e. The second-order valence-corrected chi connectivity index (χ2v) is 23.0. The molecule has 0 bridgehead atoms. The average molecular weight is 1210 g/mol. The Morgan fingerprint density at radius 2 is 0.812 bits per heavy atom. The van der Waals surface area contributed by atoms with Gasteiger partial charge in [-0.2, -0.15) is 0 Å². The molecule has 0 amide bonds. The summed E-state index contributed by atoms with van der Waals surface area (Å²) in [6.07, 6.45) is -3.33. The highest BCUT2D eigenvalue weighted by molar-refractivity contribution is 8.01. The molecule has 440 valence electrons.